The number of aromatic nitrogens is 2. The Hall–Kier alpha value is -3.16. The average molecular weight is 393 g/mol. The van der Waals surface area contributed by atoms with E-state index < -0.39 is 5.41 Å². The molecule has 1 aromatic heterocycles. The Morgan fingerprint density at radius 3 is 2.52 bits per heavy atom. The second-order valence-electron chi connectivity index (χ2n) is 8.13. The molecule has 1 spiro atoms. The molecule has 0 aliphatic carbocycles. The number of Topliss-reactive ketones (excluding diaryl/α,β-unsaturated/α-hetero) is 1. The first-order chi connectivity index (χ1) is 13.9. The van der Waals surface area contributed by atoms with Crippen molar-refractivity contribution in [2.24, 2.45) is 0 Å². The lowest BCUT2D eigenvalue weighted by molar-refractivity contribution is -0.123. The monoisotopic (exact) mass is 393 g/mol. The zero-order chi connectivity index (χ0) is 20.3. The van der Waals surface area contributed by atoms with E-state index in [2.05, 4.69) is 9.97 Å². The number of carbonyl (C=O) groups is 2. The van der Waals surface area contributed by atoms with Crippen molar-refractivity contribution in [1.82, 2.24) is 9.97 Å². The van der Waals surface area contributed by atoms with Crippen LogP contribution in [0.5, 0.6) is 0 Å². The number of anilines is 3. The van der Waals surface area contributed by atoms with E-state index in [1.54, 1.807) is 4.90 Å². The van der Waals surface area contributed by atoms with Gasteiger partial charge < -0.3 is 14.7 Å². The summed E-state index contributed by atoms with van der Waals surface area (Å²) in [5, 5.41) is 0. The topological polar surface area (TPSA) is 89.6 Å². The minimum absolute atomic E-state index is 0.135. The molecule has 0 radical (unpaired) electrons. The molecule has 1 N–H and O–H groups in total. The first-order valence-electron chi connectivity index (χ1n) is 9.94. The number of hydrogen-bond acceptors (Lipinski definition) is 6. The van der Waals surface area contributed by atoms with E-state index in [0.29, 0.717) is 50.7 Å². The van der Waals surface area contributed by atoms with Crippen LogP contribution in [0.4, 0.5) is 17.5 Å². The summed E-state index contributed by atoms with van der Waals surface area (Å²) >= 11 is 0. The van der Waals surface area contributed by atoms with E-state index in [4.69, 9.17) is 0 Å². The van der Waals surface area contributed by atoms with Gasteiger partial charge in [0.25, 0.3) is 5.56 Å². The number of nitrogens with zero attached hydrogens (tertiary/aromatic N) is 4. The molecule has 4 heterocycles. The molecular formula is C21H23N5O3. The van der Waals surface area contributed by atoms with E-state index in [-0.39, 0.29) is 22.8 Å². The van der Waals surface area contributed by atoms with Crippen LogP contribution in [-0.2, 0) is 10.2 Å². The second kappa shape index (κ2) is 6.17. The number of likely N-dealkylation sites (N-methyl/N-ethyl adjacent to an activating group) is 1. The largest absolute Gasteiger partial charge is 0.358 e. The molecule has 0 atom stereocenters. The van der Waals surface area contributed by atoms with Gasteiger partial charge in [-0.3, -0.25) is 19.4 Å². The van der Waals surface area contributed by atoms with Crippen LogP contribution in [-0.4, -0.2) is 55.4 Å². The van der Waals surface area contributed by atoms with Crippen molar-refractivity contribution in [3.05, 3.63) is 45.7 Å². The van der Waals surface area contributed by atoms with Crippen molar-refractivity contribution in [1.29, 1.82) is 0 Å². The fourth-order valence-corrected chi connectivity index (χ4v) is 4.93. The van der Waals surface area contributed by atoms with E-state index in [1.807, 2.05) is 48.2 Å². The summed E-state index contributed by atoms with van der Waals surface area (Å²) in [6, 6.07) is 7.97. The fraction of sp³-hybridized carbons (Fsp3) is 0.429. The summed E-state index contributed by atoms with van der Waals surface area (Å²) in [5.41, 5.74) is 1.32. The Morgan fingerprint density at radius 1 is 1.03 bits per heavy atom. The first kappa shape index (κ1) is 17.9. The number of nitrogens with one attached hydrogen (secondary N) is 1. The lowest BCUT2D eigenvalue weighted by Gasteiger charge is -2.39. The highest BCUT2D eigenvalue weighted by molar-refractivity contribution is 6.08. The molecule has 0 saturated carbocycles. The summed E-state index contributed by atoms with van der Waals surface area (Å²) < 4.78 is 0. The van der Waals surface area contributed by atoms with Gasteiger partial charge in [0.2, 0.25) is 11.9 Å². The Kier molecular flexibility index (Phi) is 3.81. The van der Waals surface area contributed by atoms with Gasteiger partial charge in [-0.05, 0) is 24.5 Å². The van der Waals surface area contributed by atoms with Crippen molar-refractivity contribution < 1.29 is 9.59 Å². The molecule has 1 aromatic carbocycles. The van der Waals surface area contributed by atoms with Gasteiger partial charge in [-0.1, -0.05) is 18.2 Å². The quantitative estimate of drug-likeness (QED) is 0.786. The fourth-order valence-electron chi connectivity index (χ4n) is 4.93. The van der Waals surface area contributed by atoms with Gasteiger partial charge >= 0.3 is 0 Å². The van der Waals surface area contributed by atoms with Gasteiger partial charge in [-0.25, -0.2) is 0 Å². The summed E-state index contributed by atoms with van der Waals surface area (Å²) in [7, 11) is 3.67. The molecule has 1 fully saturated rings. The molecule has 0 unspecified atom stereocenters. The van der Waals surface area contributed by atoms with Crippen LogP contribution < -0.4 is 20.3 Å². The zero-order valence-corrected chi connectivity index (χ0v) is 16.6. The van der Waals surface area contributed by atoms with Gasteiger partial charge in [0.1, 0.15) is 11.4 Å². The van der Waals surface area contributed by atoms with Crippen LogP contribution in [0, 0.1) is 0 Å². The summed E-state index contributed by atoms with van der Waals surface area (Å²) in [6.07, 6.45) is 1.64. The van der Waals surface area contributed by atoms with Crippen molar-refractivity contribution in [2.75, 3.05) is 48.4 Å². The Morgan fingerprint density at radius 2 is 1.76 bits per heavy atom. The van der Waals surface area contributed by atoms with E-state index >= 15 is 0 Å². The number of piperidine rings is 1. The third kappa shape index (κ3) is 2.44. The molecular weight excluding hydrogens is 370 g/mol. The van der Waals surface area contributed by atoms with Crippen LogP contribution in [0.25, 0.3) is 0 Å². The number of carbonyl (C=O) groups excluding carboxylic acids is 2. The molecule has 8 nitrogen and oxygen atoms in total. The molecule has 3 aliphatic heterocycles. The number of aromatic amines is 1. The van der Waals surface area contributed by atoms with E-state index in [0.717, 1.165) is 11.3 Å². The molecule has 150 valence electrons. The smallest absolute Gasteiger partial charge is 0.265 e. The molecule has 3 aliphatic rings. The number of rotatable bonds is 1. The van der Waals surface area contributed by atoms with Gasteiger partial charge in [-0.15, -0.1) is 0 Å². The maximum atomic E-state index is 13.1. The molecule has 2 aromatic rings. The van der Waals surface area contributed by atoms with Gasteiger partial charge in [0.05, 0.1) is 5.41 Å². The minimum atomic E-state index is -0.511. The highest BCUT2D eigenvalue weighted by atomic mass is 16.2. The van der Waals surface area contributed by atoms with Crippen LogP contribution in [0.15, 0.2) is 29.1 Å². The predicted molar refractivity (Wildman–Crippen MR) is 110 cm³/mol. The van der Waals surface area contributed by atoms with E-state index in [1.165, 1.54) is 0 Å². The normalized spacial score (nSPS) is 20.3. The number of hydrogen-bond donors (Lipinski definition) is 1. The highest BCUT2D eigenvalue weighted by Gasteiger charge is 2.51. The van der Waals surface area contributed by atoms with E-state index in [9.17, 15) is 14.4 Å². The van der Waals surface area contributed by atoms with Crippen molar-refractivity contribution in [3.8, 4) is 0 Å². The Bertz CT molecular complexity index is 1080. The number of amides is 1. The molecule has 29 heavy (non-hydrogen) atoms. The van der Waals surface area contributed by atoms with Crippen molar-refractivity contribution in [2.45, 2.75) is 24.7 Å². The lowest BCUT2D eigenvalue weighted by atomic mass is 9.73. The first-order valence-corrected chi connectivity index (χ1v) is 9.94. The van der Waals surface area contributed by atoms with Crippen LogP contribution >= 0.6 is 0 Å². The maximum absolute atomic E-state index is 13.1. The number of benzene rings is 1. The predicted octanol–water partition coefficient (Wildman–Crippen LogP) is 1.31. The number of ketones is 1. The minimum Gasteiger partial charge on any atom is -0.358 e. The van der Waals surface area contributed by atoms with Crippen LogP contribution in [0.2, 0.25) is 0 Å². The molecule has 5 rings (SSSR count). The summed E-state index contributed by atoms with van der Waals surface area (Å²) in [5.74, 6) is 0.891. The third-order valence-electron chi connectivity index (χ3n) is 6.61. The molecule has 1 amide bonds. The standard InChI is InChI=1S/C21H23N5O3/c1-24-10-7-15(27)16-17(24)22-20(23-18(16)28)26-11-8-21(9-12-26)13-5-3-4-6-14(13)25(2)19(21)29/h3-6H,7-12H2,1-2H3,(H,22,23,28). The number of H-pyrrole nitrogens is 1. The Labute approximate surface area is 168 Å². The molecule has 1 saturated heterocycles. The summed E-state index contributed by atoms with van der Waals surface area (Å²) in [4.78, 5) is 50.8. The Balaban J connectivity index is 1.46. The third-order valence-corrected chi connectivity index (χ3v) is 6.61. The number of para-hydroxylation sites is 1. The average Bonchev–Trinajstić information content (AvgIpc) is 2.93. The van der Waals surface area contributed by atoms with Crippen molar-refractivity contribution >= 4 is 29.1 Å². The maximum Gasteiger partial charge on any atom is 0.265 e. The highest BCUT2D eigenvalue weighted by Crippen LogP contribution is 2.47. The lowest BCUT2D eigenvalue weighted by Crippen LogP contribution is -2.49. The van der Waals surface area contributed by atoms with Crippen molar-refractivity contribution in [3.63, 3.8) is 0 Å². The van der Waals surface area contributed by atoms with Gasteiger partial charge in [-0.2, -0.15) is 4.98 Å². The van der Waals surface area contributed by atoms with Gasteiger partial charge in [0, 0.05) is 45.8 Å². The van der Waals surface area contributed by atoms with Gasteiger partial charge in [0.15, 0.2) is 5.78 Å². The SMILES string of the molecule is CN1CCC(=O)c2c1nc(N1CCC3(CC1)C(=O)N(C)c1ccccc13)[nH]c2=O. The van der Waals surface area contributed by atoms with Crippen LogP contribution in [0.1, 0.15) is 35.2 Å². The molecule has 0 bridgehead atoms. The molecule has 8 heteroatoms. The zero-order valence-electron chi connectivity index (χ0n) is 16.6. The number of fused-ring (bicyclic) bond motifs is 3. The summed E-state index contributed by atoms with van der Waals surface area (Å²) in [6.45, 7) is 1.77. The van der Waals surface area contributed by atoms with Crippen LogP contribution in [0.3, 0.4) is 0 Å². The second-order valence-corrected chi connectivity index (χ2v) is 8.13.